The molecule has 2 aromatic rings. The molecule has 1 saturated heterocycles. The van der Waals surface area contributed by atoms with Gasteiger partial charge in [0, 0.05) is 25.8 Å². The lowest BCUT2D eigenvalue weighted by atomic mass is 9.95. The van der Waals surface area contributed by atoms with E-state index in [9.17, 15) is 19.1 Å². The number of hydrogen-bond acceptors (Lipinski definition) is 5. The van der Waals surface area contributed by atoms with Crippen molar-refractivity contribution in [1.82, 2.24) is 4.90 Å². The summed E-state index contributed by atoms with van der Waals surface area (Å²) in [5.74, 6) is -1.65. The van der Waals surface area contributed by atoms with Crippen LogP contribution in [-0.2, 0) is 14.3 Å². The van der Waals surface area contributed by atoms with Gasteiger partial charge < -0.3 is 19.5 Å². The predicted molar refractivity (Wildman–Crippen MR) is 114 cm³/mol. The number of Topliss-reactive ketones (excluding diaryl/α,β-unsaturated/α-hetero) is 1. The SMILES string of the molecule is C=CCOc1ccc(C(O)=C2C(=O)C(=O)N(CCCOC)C2c2ccc(F)cc2)cc1. The van der Waals surface area contributed by atoms with Crippen molar-refractivity contribution >= 4 is 17.4 Å². The van der Waals surface area contributed by atoms with Gasteiger partial charge in [-0.2, -0.15) is 0 Å². The standard InChI is InChI=1S/C24H24FNO5/c1-3-14-31-19-11-7-17(8-12-19)22(27)20-21(16-5-9-18(25)10-6-16)26(13-4-15-30-2)24(29)23(20)28/h3,5-12,21,27H,1,4,13-15H2,2H3. The first-order valence-electron chi connectivity index (χ1n) is 9.85. The summed E-state index contributed by atoms with van der Waals surface area (Å²) >= 11 is 0. The Labute approximate surface area is 180 Å². The van der Waals surface area contributed by atoms with Crippen LogP contribution in [0, 0.1) is 5.82 Å². The van der Waals surface area contributed by atoms with Crippen molar-refractivity contribution in [2.24, 2.45) is 0 Å². The maximum Gasteiger partial charge on any atom is 0.295 e. The summed E-state index contributed by atoms with van der Waals surface area (Å²) in [7, 11) is 1.55. The molecule has 0 aromatic heterocycles. The van der Waals surface area contributed by atoms with Crippen molar-refractivity contribution in [3.05, 3.63) is 83.7 Å². The summed E-state index contributed by atoms with van der Waals surface area (Å²) in [6.07, 6.45) is 2.12. The number of likely N-dealkylation sites (tertiary alicyclic amines) is 1. The number of carbonyl (C=O) groups is 2. The minimum absolute atomic E-state index is 0.0335. The lowest BCUT2D eigenvalue weighted by molar-refractivity contribution is -0.140. The van der Waals surface area contributed by atoms with Crippen LogP contribution in [0.1, 0.15) is 23.6 Å². The molecule has 0 spiro atoms. The first-order chi connectivity index (χ1) is 15.0. The quantitative estimate of drug-likeness (QED) is 0.217. The van der Waals surface area contributed by atoms with E-state index in [1.165, 1.54) is 29.2 Å². The molecule has 1 N–H and O–H groups in total. The zero-order valence-electron chi connectivity index (χ0n) is 17.2. The molecule has 6 nitrogen and oxygen atoms in total. The Morgan fingerprint density at radius 3 is 2.45 bits per heavy atom. The van der Waals surface area contributed by atoms with Gasteiger partial charge in [0.05, 0.1) is 11.6 Å². The third kappa shape index (κ3) is 4.83. The van der Waals surface area contributed by atoms with Crippen LogP contribution >= 0.6 is 0 Å². The highest BCUT2D eigenvalue weighted by Gasteiger charge is 2.45. The largest absolute Gasteiger partial charge is 0.507 e. The van der Waals surface area contributed by atoms with E-state index in [0.29, 0.717) is 36.5 Å². The summed E-state index contributed by atoms with van der Waals surface area (Å²) in [6.45, 7) is 4.59. The van der Waals surface area contributed by atoms with Crippen LogP contribution in [0.5, 0.6) is 5.75 Å². The molecule has 3 rings (SSSR count). The number of hydrogen-bond donors (Lipinski definition) is 1. The second kappa shape index (κ2) is 10.0. The molecule has 0 bridgehead atoms. The average Bonchev–Trinajstić information content (AvgIpc) is 3.03. The van der Waals surface area contributed by atoms with Gasteiger partial charge in [-0.05, 0) is 48.4 Å². The summed E-state index contributed by atoms with van der Waals surface area (Å²) < 4.78 is 24.0. The van der Waals surface area contributed by atoms with E-state index in [1.54, 1.807) is 37.5 Å². The summed E-state index contributed by atoms with van der Waals surface area (Å²) in [4.78, 5) is 27.0. The molecule has 1 fully saturated rings. The van der Waals surface area contributed by atoms with Crippen LogP contribution < -0.4 is 4.74 Å². The Morgan fingerprint density at radius 2 is 1.84 bits per heavy atom. The Bertz CT molecular complexity index is 982. The Morgan fingerprint density at radius 1 is 1.16 bits per heavy atom. The lowest BCUT2D eigenvalue weighted by Crippen LogP contribution is -2.31. The van der Waals surface area contributed by atoms with Crippen LogP contribution in [0.3, 0.4) is 0 Å². The molecule has 1 heterocycles. The molecule has 0 radical (unpaired) electrons. The van der Waals surface area contributed by atoms with Gasteiger partial charge >= 0.3 is 0 Å². The summed E-state index contributed by atoms with van der Waals surface area (Å²) in [5.41, 5.74) is 0.868. The van der Waals surface area contributed by atoms with Crippen molar-refractivity contribution in [3.63, 3.8) is 0 Å². The molecule has 1 aliphatic rings. The number of aliphatic hydroxyl groups is 1. The van der Waals surface area contributed by atoms with Crippen LogP contribution in [0.4, 0.5) is 4.39 Å². The van der Waals surface area contributed by atoms with Crippen LogP contribution in [-0.4, -0.2) is 48.6 Å². The van der Waals surface area contributed by atoms with Crippen molar-refractivity contribution in [1.29, 1.82) is 0 Å². The number of carbonyl (C=O) groups excluding carboxylic acids is 2. The fraction of sp³-hybridized carbons (Fsp3) is 0.250. The van der Waals surface area contributed by atoms with Gasteiger partial charge in [0.25, 0.3) is 11.7 Å². The van der Waals surface area contributed by atoms with E-state index >= 15 is 0 Å². The van der Waals surface area contributed by atoms with E-state index < -0.39 is 23.5 Å². The maximum absolute atomic E-state index is 13.5. The van der Waals surface area contributed by atoms with Crippen molar-refractivity contribution in [3.8, 4) is 5.75 Å². The summed E-state index contributed by atoms with van der Waals surface area (Å²) in [5, 5.41) is 11.0. The minimum Gasteiger partial charge on any atom is -0.507 e. The number of aliphatic hydroxyl groups excluding tert-OH is 1. The highest BCUT2D eigenvalue weighted by Crippen LogP contribution is 2.39. The molecule has 1 aliphatic heterocycles. The van der Waals surface area contributed by atoms with Gasteiger partial charge in [-0.25, -0.2) is 4.39 Å². The molecular weight excluding hydrogens is 401 g/mol. The fourth-order valence-corrected chi connectivity index (χ4v) is 3.50. The highest BCUT2D eigenvalue weighted by atomic mass is 19.1. The minimum atomic E-state index is -0.825. The molecule has 0 aliphatic carbocycles. The van der Waals surface area contributed by atoms with Gasteiger partial charge in [0.1, 0.15) is 23.9 Å². The number of benzene rings is 2. The molecule has 2 aromatic carbocycles. The number of ether oxygens (including phenoxy) is 2. The Balaban J connectivity index is 2.03. The summed E-state index contributed by atoms with van der Waals surface area (Å²) in [6, 6.07) is 11.2. The van der Waals surface area contributed by atoms with E-state index in [-0.39, 0.29) is 17.9 Å². The molecule has 162 valence electrons. The molecule has 31 heavy (non-hydrogen) atoms. The van der Waals surface area contributed by atoms with Gasteiger partial charge in [-0.1, -0.05) is 24.8 Å². The third-order valence-electron chi connectivity index (χ3n) is 4.97. The van der Waals surface area contributed by atoms with Gasteiger partial charge in [0.2, 0.25) is 0 Å². The Hall–Kier alpha value is -3.45. The monoisotopic (exact) mass is 425 g/mol. The number of halogens is 1. The van der Waals surface area contributed by atoms with Crippen LogP contribution in [0.2, 0.25) is 0 Å². The van der Waals surface area contributed by atoms with Crippen molar-refractivity contribution in [2.75, 3.05) is 26.9 Å². The molecule has 1 atom stereocenters. The average molecular weight is 425 g/mol. The lowest BCUT2D eigenvalue weighted by Gasteiger charge is -2.25. The predicted octanol–water partition coefficient (Wildman–Crippen LogP) is 3.85. The third-order valence-corrected chi connectivity index (χ3v) is 4.97. The molecule has 1 unspecified atom stereocenters. The van der Waals surface area contributed by atoms with E-state index in [0.717, 1.165) is 0 Å². The Kier molecular flexibility index (Phi) is 7.20. The first-order valence-corrected chi connectivity index (χ1v) is 9.85. The van der Waals surface area contributed by atoms with Gasteiger partial charge in [-0.15, -0.1) is 0 Å². The molecule has 0 saturated carbocycles. The smallest absolute Gasteiger partial charge is 0.295 e. The van der Waals surface area contributed by atoms with Crippen molar-refractivity contribution in [2.45, 2.75) is 12.5 Å². The number of amides is 1. The second-order valence-corrected chi connectivity index (χ2v) is 7.01. The van der Waals surface area contributed by atoms with E-state index in [1.807, 2.05) is 0 Å². The molecular formula is C24H24FNO5. The van der Waals surface area contributed by atoms with Crippen LogP contribution in [0.15, 0.2) is 66.8 Å². The fourth-order valence-electron chi connectivity index (χ4n) is 3.50. The normalized spacial score (nSPS) is 17.7. The zero-order chi connectivity index (χ0) is 22.4. The van der Waals surface area contributed by atoms with Gasteiger partial charge in [-0.3, -0.25) is 9.59 Å². The van der Waals surface area contributed by atoms with Crippen molar-refractivity contribution < 1.29 is 28.6 Å². The number of rotatable bonds is 9. The molecule has 7 heteroatoms. The molecule has 1 amide bonds. The van der Waals surface area contributed by atoms with Gasteiger partial charge in [0.15, 0.2) is 0 Å². The van der Waals surface area contributed by atoms with E-state index in [2.05, 4.69) is 6.58 Å². The number of nitrogens with zero attached hydrogens (tertiary/aromatic N) is 1. The van der Waals surface area contributed by atoms with Crippen LogP contribution in [0.25, 0.3) is 5.76 Å². The van der Waals surface area contributed by atoms with E-state index in [4.69, 9.17) is 9.47 Å². The highest BCUT2D eigenvalue weighted by molar-refractivity contribution is 6.46. The first kappa shape index (κ1) is 22.2. The number of ketones is 1. The maximum atomic E-state index is 13.5. The number of methoxy groups -OCH3 is 1. The topological polar surface area (TPSA) is 76.1 Å². The zero-order valence-corrected chi connectivity index (χ0v) is 17.2. The second-order valence-electron chi connectivity index (χ2n) is 7.01.